The molecule has 0 saturated heterocycles. The maximum atomic E-state index is 11.9. The van der Waals surface area contributed by atoms with Gasteiger partial charge in [-0.3, -0.25) is 9.78 Å². The summed E-state index contributed by atoms with van der Waals surface area (Å²) in [4.78, 5) is 20.5. The molecule has 112 valence electrons. The number of pyridine rings is 1. The van der Waals surface area contributed by atoms with Gasteiger partial charge in [-0.2, -0.15) is 0 Å². The van der Waals surface area contributed by atoms with Crippen molar-refractivity contribution in [2.45, 2.75) is 6.92 Å². The summed E-state index contributed by atoms with van der Waals surface area (Å²) in [5.74, 6) is -0.112. The van der Waals surface area contributed by atoms with Crippen LogP contribution in [0.15, 0.2) is 42.6 Å². The molecule has 0 atom stereocenters. The molecule has 1 amide bonds. The average Bonchev–Trinajstić information content (AvgIpc) is 2.95. The predicted octanol–water partition coefficient (Wildman–Crippen LogP) is 2.84. The van der Waals surface area contributed by atoms with E-state index in [0.29, 0.717) is 18.7 Å². The molecule has 2 aromatic heterocycles. The van der Waals surface area contributed by atoms with Crippen LogP contribution in [0.1, 0.15) is 16.1 Å². The van der Waals surface area contributed by atoms with Crippen LogP contribution in [0, 0.1) is 6.92 Å². The summed E-state index contributed by atoms with van der Waals surface area (Å²) >= 11 is 1.61. The number of carbonyl (C=O) groups is 1. The Morgan fingerprint density at radius 2 is 2.05 bits per heavy atom. The van der Waals surface area contributed by atoms with Gasteiger partial charge in [0.2, 0.25) is 0 Å². The summed E-state index contributed by atoms with van der Waals surface area (Å²) in [6.07, 6.45) is 1.59. The highest BCUT2D eigenvalue weighted by Crippen LogP contribution is 2.24. The molecule has 0 spiro atoms. The van der Waals surface area contributed by atoms with E-state index in [1.165, 1.54) is 0 Å². The van der Waals surface area contributed by atoms with E-state index in [1.54, 1.807) is 23.6 Å². The second-order valence-corrected chi connectivity index (χ2v) is 5.89. The number of benzene rings is 1. The van der Waals surface area contributed by atoms with Crippen LogP contribution in [-0.2, 0) is 0 Å². The molecule has 5 nitrogen and oxygen atoms in total. The molecule has 0 unspecified atom stereocenters. The Morgan fingerprint density at radius 1 is 1.18 bits per heavy atom. The summed E-state index contributed by atoms with van der Waals surface area (Å²) in [5.41, 5.74) is 2.46. The fourth-order valence-electron chi connectivity index (χ4n) is 2.00. The van der Waals surface area contributed by atoms with E-state index < -0.39 is 0 Å². The van der Waals surface area contributed by atoms with Crippen LogP contribution in [0.4, 0.5) is 5.13 Å². The van der Waals surface area contributed by atoms with Gasteiger partial charge in [-0.05, 0) is 31.2 Å². The number of para-hydroxylation sites is 1. The van der Waals surface area contributed by atoms with E-state index in [-0.39, 0.29) is 5.91 Å². The van der Waals surface area contributed by atoms with Crippen molar-refractivity contribution in [3.05, 3.63) is 53.9 Å². The van der Waals surface area contributed by atoms with E-state index in [0.717, 1.165) is 21.0 Å². The van der Waals surface area contributed by atoms with Gasteiger partial charge in [-0.1, -0.05) is 23.5 Å². The molecule has 2 heterocycles. The largest absolute Gasteiger partial charge is 0.360 e. The van der Waals surface area contributed by atoms with Gasteiger partial charge in [0, 0.05) is 25.0 Å². The molecule has 0 saturated carbocycles. The maximum Gasteiger partial charge on any atom is 0.252 e. The second-order valence-electron chi connectivity index (χ2n) is 4.86. The number of hydrogen-bond donors (Lipinski definition) is 2. The van der Waals surface area contributed by atoms with Gasteiger partial charge < -0.3 is 10.6 Å². The van der Waals surface area contributed by atoms with Gasteiger partial charge in [-0.25, -0.2) is 4.98 Å². The molecular formula is C16H16N4OS. The zero-order chi connectivity index (χ0) is 15.4. The molecule has 3 aromatic rings. The number of anilines is 1. The van der Waals surface area contributed by atoms with E-state index in [1.807, 2.05) is 37.3 Å². The molecule has 2 N–H and O–H groups in total. The quantitative estimate of drug-likeness (QED) is 0.711. The van der Waals surface area contributed by atoms with Crippen molar-refractivity contribution in [1.82, 2.24) is 15.3 Å². The number of carbonyl (C=O) groups excluding carboxylic acids is 1. The van der Waals surface area contributed by atoms with Crippen molar-refractivity contribution in [1.29, 1.82) is 0 Å². The first-order valence-corrected chi connectivity index (χ1v) is 7.84. The topological polar surface area (TPSA) is 66.9 Å². The van der Waals surface area contributed by atoms with Crippen LogP contribution in [0.25, 0.3) is 10.2 Å². The third-order valence-corrected chi connectivity index (χ3v) is 4.15. The molecule has 6 heteroatoms. The molecule has 0 bridgehead atoms. The Hall–Kier alpha value is -2.47. The van der Waals surface area contributed by atoms with Crippen LogP contribution < -0.4 is 10.6 Å². The third-order valence-electron chi connectivity index (χ3n) is 3.15. The van der Waals surface area contributed by atoms with Crippen LogP contribution >= 0.6 is 11.3 Å². The minimum atomic E-state index is -0.112. The van der Waals surface area contributed by atoms with E-state index in [4.69, 9.17) is 0 Å². The normalized spacial score (nSPS) is 10.6. The molecule has 22 heavy (non-hydrogen) atoms. The minimum Gasteiger partial charge on any atom is -0.360 e. The summed E-state index contributed by atoms with van der Waals surface area (Å²) in [7, 11) is 0. The van der Waals surface area contributed by atoms with Crippen LogP contribution in [-0.4, -0.2) is 29.0 Å². The molecule has 0 aliphatic carbocycles. The lowest BCUT2D eigenvalue weighted by Crippen LogP contribution is -2.28. The second kappa shape index (κ2) is 6.53. The number of amides is 1. The standard InChI is InChI=1S/C16H16N4OS/c1-11-6-7-12(10-19-11)15(21)17-8-9-18-16-20-13-4-2-3-5-14(13)22-16/h2-7,10H,8-9H2,1H3,(H,17,21)(H,18,20). The van der Waals surface area contributed by atoms with Gasteiger partial charge >= 0.3 is 0 Å². The van der Waals surface area contributed by atoms with Crippen LogP contribution in [0.2, 0.25) is 0 Å². The molecule has 0 radical (unpaired) electrons. The summed E-state index contributed by atoms with van der Waals surface area (Å²) in [6, 6.07) is 11.6. The fourth-order valence-corrected chi connectivity index (χ4v) is 2.89. The number of aromatic nitrogens is 2. The van der Waals surface area contributed by atoms with Crippen LogP contribution in [0.5, 0.6) is 0 Å². The lowest BCUT2D eigenvalue weighted by molar-refractivity contribution is 0.0955. The van der Waals surface area contributed by atoms with Crippen molar-refractivity contribution in [2.75, 3.05) is 18.4 Å². The highest BCUT2D eigenvalue weighted by molar-refractivity contribution is 7.22. The fraction of sp³-hybridized carbons (Fsp3) is 0.188. The summed E-state index contributed by atoms with van der Waals surface area (Å²) in [5, 5.41) is 6.95. The van der Waals surface area contributed by atoms with Gasteiger partial charge in [0.1, 0.15) is 0 Å². The van der Waals surface area contributed by atoms with Crippen molar-refractivity contribution in [3.63, 3.8) is 0 Å². The van der Waals surface area contributed by atoms with E-state index >= 15 is 0 Å². The maximum absolute atomic E-state index is 11.9. The van der Waals surface area contributed by atoms with Crippen molar-refractivity contribution < 1.29 is 4.79 Å². The summed E-state index contributed by atoms with van der Waals surface area (Å²) in [6.45, 7) is 3.05. The smallest absolute Gasteiger partial charge is 0.252 e. The molecule has 3 rings (SSSR count). The first kappa shape index (κ1) is 14.5. The Kier molecular flexibility index (Phi) is 4.29. The Morgan fingerprint density at radius 3 is 2.82 bits per heavy atom. The zero-order valence-corrected chi connectivity index (χ0v) is 13.0. The molecule has 1 aromatic carbocycles. The number of thiazole rings is 1. The summed E-state index contributed by atoms with van der Waals surface area (Å²) < 4.78 is 1.15. The Balaban J connectivity index is 1.49. The first-order chi connectivity index (χ1) is 10.7. The number of fused-ring (bicyclic) bond motifs is 1. The van der Waals surface area contributed by atoms with Gasteiger partial charge in [-0.15, -0.1) is 0 Å². The molecule has 0 aliphatic rings. The van der Waals surface area contributed by atoms with E-state index in [9.17, 15) is 4.79 Å². The Bertz CT molecular complexity index is 749. The van der Waals surface area contributed by atoms with Gasteiger partial charge in [0.15, 0.2) is 5.13 Å². The highest BCUT2D eigenvalue weighted by atomic mass is 32.1. The number of aryl methyl sites for hydroxylation is 1. The van der Waals surface area contributed by atoms with E-state index in [2.05, 4.69) is 20.6 Å². The molecule has 0 aliphatic heterocycles. The predicted molar refractivity (Wildman–Crippen MR) is 89.4 cm³/mol. The average molecular weight is 312 g/mol. The number of nitrogens with zero attached hydrogens (tertiary/aromatic N) is 2. The van der Waals surface area contributed by atoms with Gasteiger partial charge in [0.25, 0.3) is 5.91 Å². The number of rotatable bonds is 5. The number of nitrogens with one attached hydrogen (secondary N) is 2. The lowest BCUT2D eigenvalue weighted by Gasteiger charge is -2.05. The molecule has 0 fully saturated rings. The van der Waals surface area contributed by atoms with Crippen molar-refractivity contribution in [3.8, 4) is 0 Å². The zero-order valence-electron chi connectivity index (χ0n) is 12.2. The first-order valence-electron chi connectivity index (χ1n) is 7.03. The monoisotopic (exact) mass is 312 g/mol. The SMILES string of the molecule is Cc1ccc(C(=O)NCCNc2nc3ccccc3s2)cn1. The Labute approximate surface area is 132 Å². The molecular weight excluding hydrogens is 296 g/mol. The van der Waals surface area contributed by atoms with Crippen LogP contribution in [0.3, 0.4) is 0 Å². The van der Waals surface area contributed by atoms with Crippen molar-refractivity contribution >= 4 is 32.6 Å². The third kappa shape index (κ3) is 3.40. The highest BCUT2D eigenvalue weighted by Gasteiger charge is 2.05. The lowest BCUT2D eigenvalue weighted by atomic mass is 10.2. The number of hydrogen-bond acceptors (Lipinski definition) is 5. The minimum absolute atomic E-state index is 0.112. The van der Waals surface area contributed by atoms with Gasteiger partial charge in [0.05, 0.1) is 15.8 Å². The van der Waals surface area contributed by atoms with Crippen molar-refractivity contribution in [2.24, 2.45) is 0 Å².